The first-order chi connectivity index (χ1) is 16.8. The molecule has 2 nitrogen and oxygen atoms in total. The number of nitrogens with zero attached hydrogens (tertiary/aromatic N) is 2. The lowest BCUT2D eigenvalue weighted by Crippen LogP contribution is -2.26. The highest BCUT2D eigenvalue weighted by Crippen LogP contribution is 2.50. The maximum Gasteiger partial charge on any atom is 0.421 e. The third kappa shape index (κ3) is 4.56. The summed E-state index contributed by atoms with van der Waals surface area (Å²) >= 11 is 0. The second-order valence-corrected chi connectivity index (χ2v) is 10.4. The molecule has 0 aromatic heterocycles. The molecule has 186 valence electrons. The van der Waals surface area contributed by atoms with Crippen molar-refractivity contribution < 1.29 is 17.6 Å². The zero-order valence-electron chi connectivity index (χ0n) is 20.3. The van der Waals surface area contributed by atoms with Crippen molar-refractivity contribution in [2.24, 2.45) is 27.7 Å². The molecule has 0 radical (unpaired) electrons. The van der Waals surface area contributed by atoms with E-state index in [9.17, 15) is 17.6 Å². The number of fused-ring (bicyclic) bond motifs is 2. The van der Waals surface area contributed by atoms with E-state index in [1.807, 2.05) is 25.1 Å². The van der Waals surface area contributed by atoms with Crippen molar-refractivity contribution >= 4 is 23.8 Å². The summed E-state index contributed by atoms with van der Waals surface area (Å²) in [5.74, 6) is 0.300. The van der Waals surface area contributed by atoms with Gasteiger partial charge in [-0.15, -0.1) is 0 Å². The molecule has 0 amide bonds. The Bertz CT molecular complexity index is 1160. The average molecular weight is 485 g/mol. The van der Waals surface area contributed by atoms with Gasteiger partial charge in [0.05, 0.1) is 11.4 Å². The lowest BCUT2D eigenvalue weighted by Gasteiger charge is -2.33. The van der Waals surface area contributed by atoms with Crippen LogP contribution in [-0.4, -0.2) is 12.4 Å². The SMILES string of the molecule is CCC1CC=Nc2c1c(-c1ccc3c(c1)N=CC(C(C)C1CCCCC1)C3)cc(F)c2C(F)(F)F. The molecule has 0 bridgehead atoms. The second kappa shape index (κ2) is 9.51. The number of alkyl halides is 3. The molecule has 0 saturated heterocycles. The molecule has 1 saturated carbocycles. The average Bonchev–Trinajstić information content (AvgIpc) is 2.86. The van der Waals surface area contributed by atoms with Crippen LogP contribution in [0.15, 0.2) is 34.3 Å². The Morgan fingerprint density at radius 2 is 1.83 bits per heavy atom. The van der Waals surface area contributed by atoms with E-state index in [1.54, 1.807) is 0 Å². The van der Waals surface area contributed by atoms with E-state index in [2.05, 4.69) is 18.1 Å². The normalized spacial score (nSPS) is 23.1. The summed E-state index contributed by atoms with van der Waals surface area (Å²) < 4.78 is 56.1. The Balaban J connectivity index is 1.52. The molecule has 6 heteroatoms. The Hall–Kier alpha value is -2.50. The first kappa shape index (κ1) is 24.2. The third-order valence-electron chi connectivity index (χ3n) is 8.41. The molecule has 3 unspecified atom stereocenters. The van der Waals surface area contributed by atoms with Gasteiger partial charge in [0.2, 0.25) is 0 Å². The van der Waals surface area contributed by atoms with Crippen LogP contribution in [0.4, 0.5) is 28.9 Å². The van der Waals surface area contributed by atoms with Gasteiger partial charge in [0.1, 0.15) is 11.4 Å². The van der Waals surface area contributed by atoms with Crippen LogP contribution in [0.1, 0.15) is 81.4 Å². The topological polar surface area (TPSA) is 24.7 Å². The molecule has 5 rings (SSSR count). The van der Waals surface area contributed by atoms with Crippen LogP contribution in [0.5, 0.6) is 0 Å². The summed E-state index contributed by atoms with van der Waals surface area (Å²) in [6, 6.07) is 6.89. The summed E-state index contributed by atoms with van der Waals surface area (Å²) in [6.07, 6.45) is 7.42. The number of hydrogen-bond acceptors (Lipinski definition) is 2. The maximum absolute atomic E-state index is 14.9. The zero-order chi connectivity index (χ0) is 24.7. The van der Waals surface area contributed by atoms with Crippen LogP contribution < -0.4 is 0 Å². The molecule has 2 heterocycles. The molecular weight excluding hydrogens is 452 g/mol. The van der Waals surface area contributed by atoms with Crippen molar-refractivity contribution in [2.45, 2.75) is 77.3 Å². The summed E-state index contributed by atoms with van der Waals surface area (Å²) in [6.45, 7) is 4.29. The molecular formula is C29H32F4N2. The summed E-state index contributed by atoms with van der Waals surface area (Å²) in [5.41, 5.74) is 2.12. The van der Waals surface area contributed by atoms with Gasteiger partial charge < -0.3 is 0 Å². The van der Waals surface area contributed by atoms with E-state index in [0.717, 1.165) is 29.7 Å². The van der Waals surface area contributed by atoms with Crippen LogP contribution in [0.2, 0.25) is 0 Å². The molecule has 3 aliphatic rings. The van der Waals surface area contributed by atoms with E-state index in [4.69, 9.17) is 4.99 Å². The number of benzene rings is 2. The van der Waals surface area contributed by atoms with E-state index < -0.39 is 17.6 Å². The molecule has 2 aromatic rings. The summed E-state index contributed by atoms with van der Waals surface area (Å²) in [4.78, 5) is 8.83. The molecule has 35 heavy (non-hydrogen) atoms. The first-order valence-electron chi connectivity index (χ1n) is 12.9. The minimum absolute atomic E-state index is 0.139. The van der Waals surface area contributed by atoms with Gasteiger partial charge in [-0.25, -0.2) is 4.39 Å². The van der Waals surface area contributed by atoms with Crippen molar-refractivity contribution in [3.63, 3.8) is 0 Å². The fourth-order valence-electron chi connectivity index (χ4n) is 6.31. The summed E-state index contributed by atoms with van der Waals surface area (Å²) in [5, 5.41) is 0. The van der Waals surface area contributed by atoms with Gasteiger partial charge in [0, 0.05) is 18.3 Å². The van der Waals surface area contributed by atoms with Crippen molar-refractivity contribution in [1.82, 2.24) is 0 Å². The van der Waals surface area contributed by atoms with Crippen molar-refractivity contribution in [3.05, 3.63) is 46.8 Å². The van der Waals surface area contributed by atoms with Crippen LogP contribution in [0.25, 0.3) is 11.1 Å². The first-order valence-corrected chi connectivity index (χ1v) is 12.9. The van der Waals surface area contributed by atoms with Crippen molar-refractivity contribution in [1.29, 1.82) is 0 Å². The fraction of sp³-hybridized carbons (Fsp3) is 0.517. The van der Waals surface area contributed by atoms with Crippen LogP contribution in [0, 0.1) is 23.6 Å². The predicted octanol–water partition coefficient (Wildman–Crippen LogP) is 9.20. The number of hydrogen-bond donors (Lipinski definition) is 0. The quantitative estimate of drug-likeness (QED) is 0.387. The molecule has 0 N–H and O–H groups in total. The van der Waals surface area contributed by atoms with Crippen LogP contribution in [0.3, 0.4) is 0 Å². The number of rotatable bonds is 4. The van der Waals surface area contributed by atoms with Gasteiger partial charge in [-0.2, -0.15) is 13.2 Å². The lowest BCUT2D eigenvalue weighted by molar-refractivity contribution is -0.139. The number of aliphatic imine (C=N–C) groups is 2. The molecule has 2 aromatic carbocycles. The smallest absolute Gasteiger partial charge is 0.261 e. The van der Waals surface area contributed by atoms with Gasteiger partial charge in [-0.3, -0.25) is 9.98 Å². The largest absolute Gasteiger partial charge is 0.421 e. The summed E-state index contributed by atoms with van der Waals surface area (Å²) in [7, 11) is 0. The Labute approximate surface area is 204 Å². The highest BCUT2D eigenvalue weighted by atomic mass is 19.4. The fourth-order valence-corrected chi connectivity index (χ4v) is 6.31. The highest BCUT2D eigenvalue weighted by molar-refractivity contribution is 5.84. The molecule has 0 spiro atoms. The molecule has 1 aliphatic carbocycles. The second-order valence-electron chi connectivity index (χ2n) is 10.4. The minimum atomic E-state index is -4.80. The highest BCUT2D eigenvalue weighted by Gasteiger charge is 2.41. The monoisotopic (exact) mass is 484 g/mol. The van der Waals surface area contributed by atoms with E-state index in [0.29, 0.717) is 41.4 Å². The zero-order valence-corrected chi connectivity index (χ0v) is 20.3. The lowest BCUT2D eigenvalue weighted by atomic mass is 9.73. The van der Waals surface area contributed by atoms with Gasteiger partial charge in [-0.05, 0) is 71.4 Å². The predicted molar refractivity (Wildman–Crippen MR) is 134 cm³/mol. The van der Waals surface area contributed by atoms with Gasteiger partial charge in [0.15, 0.2) is 0 Å². The molecule has 1 fully saturated rings. The van der Waals surface area contributed by atoms with E-state index in [-0.39, 0.29) is 11.6 Å². The van der Waals surface area contributed by atoms with Gasteiger partial charge in [0.25, 0.3) is 0 Å². The van der Waals surface area contributed by atoms with Crippen LogP contribution in [-0.2, 0) is 12.6 Å². The maximum atomic E-state index is 14.9. The minimum Gasteiger partial charge on any atom is -0.261 e. The van der Waals surface area contributed by atoms with Gasteiger partial charge in [-0.1, -0.05) is 58.1 Å². The standard InChI is InChI=1S/C29H32F4N2/c1-3-18-11-12-34-28-26(18)23(15-24(30)27(28)29(31,32)33)20-9-10-21-13-22(16-35-25(21)14-20)17(2)19-7-5-4-6-8-19/h9-10,12,14-19,22H,3-8,11,13H2,1-2H3. The van der Waals surface area contributed by atoms with Crippen LogP contribution >= 0.6 is 0 Å². The van der Waals surface area contributed by atoms with Crippen molar-refractivity contribution in [3.8, 4) is 11.1 Å². The Kier molecular flexibility index (Phi) is 6.58. The van der Waals surface area contributed by atoms with Gasteiger partial charge >= 0.3 is 6.18 Å². The Morgan fingerprint density at radius 1 is 1.06 bits per heavy atom. The van der Waals surface area contributed by atoms with E-state index in [1.165, 1.54) is 38.3 Å². The molecule has 2 aliphatic heterocycles. The van der Waals surface area contributed by atoms with E-state index >= 15 is 0 Å². The van der Waals surface area contributed by atoms with Crippen molar-refractivity contribution in [2.75, 3.05) is 0 Å². The third-order valence-corrected chi connectivity index (χ3v) is 8.41. The Morgan fingerprint density at radius 3 is 2.54 bits per heavy atom. The molecule has 3 atom stereocenters. The number of halogens is 4.